The van der Waals surface area contributed by atoms with E-state index in [0.717, 1.165) is 0 Å². The summed E-state index contributed by atoms with van der Waals surface area (Å²) in [4.78, 5) is 2.13. The van der Waals surface area contributed by atoms with Gasteiger partial charge >= 0.3 is 16.8 Å². The van der Waals surface area contributed by atoms with Gasteiger partial charge in [-0.2, -0.15) is 8.42 Å². The molecular formula is CH2N2O4S. The van der Waals surface area contributed by atoms with Crippen molar-refractivity contribution in [2.45, 2.75) is 0 Å². The molecule has 0 aliphatic heterocycles. The topological polar surface area (TPSA) is 100 Å². The Morgan fingerprint density at radius 3 is 2.38 bits per heavy atom. The maximum absolute atomic E-state index is 9.52. The lowest BCUT2D eigenvalue weighted by molar-refractivity contribution is -0.0152. The summed E-state index contributed by atoms with van der Waals surface area (Å²) in [5.41, 5.74) is 7.50. The molecule has 46 valence electrons. The molecule has 0 heterocycles. The lowest BCUT2D eigenvalue weighted by atomic mass is 11.6. The first-order chi connectivity index (χ1) is 3.56. The highest BCUT2D eigenvalue weighted by Gasteiger charge is 2.01. The van der Waals surface area contributed by atoms with E-state index >= 15 is 0 Å². The van der Waals surface area contributed by atoms with Crippen molar-refractivity contribution in [2.24, 2.45) is 0 Å². The fourth-order valence-electron chi connectivity index (χ4n) is 0.0736. The third-order valence-corrected chi connectivity index (χ3v) is 0.541. The van der Waals surface area contributed by atoms with Gasteiger partial charge in [0.2, 0.25) is 0 Å². The fourth-order valence-corrected chi connectivity index (χ4v) is 0.221. The van der Waals surface area contributed by atoms with Crippen molar-refractivity contribution in [3.8, 4) is 0 Å². The van der Waals surface area contributed by atoms with Gasteiger partial charge in [-0.1, -0.05) is 0 Å². The summed E-state index contributed by atoms with van der Waals surface area (Å²) >= 11 is 0. The number of hydrogen-bond acceptors (Lipinski definition) is 3. The maximum Gasteiger partial charge on any atom is 0.455 e. The molecule has 0 saturated heterocycles. The molecule has 0 aromatic rings. The minimum absolute atomic E-state index is 0.176. The van der Waals surface area contributed by atoms with E-state index in [0.29, 0.717) is 0 Å². The molecule has 0 aromatic carbocycles. The Labute approximate surface area is 45.3 Å². The van der Waals surface area contributed by atoms with Gasteiger partial charge in [-0.05, 0) is 0 Å². The van der Waals surface area contributed by atoms with Crippen LogP contribution < -0.4 is 0 Å². The van der Waals surface area contributed by atoms with Crippen LogP contribution in [-0.2, 0) is 14.6 Å². The molecule has 0 unspecified atom stereocenters. The summed E-state index contributed by atoms with van der Waals surface area (Å²) in [6, 6.07) is 0. The summed E-state index contributed by atoms with van der Waals surface area (Å²) in [6.07, 6.45) is 0.176. The lowest BCUT2D eigenvalue weighted by Gasteiger charge is -1.81. The van der Waals surface area contributed by atoms with E-state index in [4.69, 9.17) is 10.1 Å². The van der Waals surface area contributed by atoms with Crippen LogP contribution in [0, 0.1) is 0 Å². The largest absolute Gasteiger partial charge is 0.455 e. The highest BCUT2D eigenvalue weighted by Crippen LogP contribution is 1.76. The molecule has 0 aromatic heterocycles. The van der Waals surface area contributed by atoms with Crippen LogP contribution >= 0.6 is 0 Å². The molecule has 0 amide bonds. The molecule has 0 aliphatic rings. The van der Waals surface area contributed by atoms with Gasteiger partial charge in [-0.25, -0.2) is 0 Å². The minimum atomic E-state index is -4.50. The van der Waals surface area contributed by atoms with Gasteiger partial charge < -0.3 is 5.53 Å². The van der Waals surface area contributed by atoms with Crippen molar-refractivity contribution in [1.82, 2.24) is 0 Å². The smallest absolute Gasteiger partial charge is 0.358 e. The first kappa shape index (κ1) is 7.09. The Balaban J connectivity index is 3.94. The molecule has 7 heteroatoms. The van der Waals surface area contributed by atoms with Crippen LogP contribution in [0.4, 0.5) is 0 Å². The Hall–Kier alpha value is -0.910. The van der Waals surface area contributed by atoms with Crippen LogP contribution in [0.15, 0.2) is 0 Å². The second-order valence-electron chi connectivity index (χ2n) is 0.745. The monoisotopic (exact) mass is 138 g/mol. The molecule has 0 rings (SSSR count). The van der Waals surface area contributed by atoms with Gasteiger partial charge in [-0.3, -0.25) is 8.74 Å². The molecule has 1 N–H and O–H groups in total. The Bertz CT molecular complexity index is 198. The van der Waals surface area contributed by atoms with Gasteiger partial charge in [0.25, 0.3) is 0 Å². The molecule has 0 fully saturated rings. The van der Waals surface area contributed by atoms with Gasteiger partial charge in [0.05, 0.1) is 0 Å². The zero-order valence-corrected chi connectivity index (χ0v) is 4.37. The highest BCUT2D eigenvalue weighted by atomic mass is 32.3. The summed E-state index contributed by atoms with van der Waals surface area (Å²) in [5.74, 6) is 0. The summed E-state index contributed by atoms with van der Waals surface area (Å²) in [6.45, 7) is 0. The minimum Gasteiger partial charge on any atom is -0.358 e. The van der Waals surface area contributed by atoms with Crippen LogP contribution in [0.25, 0.3) is 5.53 Å². The molecule has 0 radical (unpaired) electrons. The van der Waals surface area contributed by atoms with Crippen molar-refractivity contribution in [2.75, 3.05) is 0 Å². The van der Waals surface area contributed by atoms with E-state index in [2.05, 4.69) is 8.97 Å². The summed E-state index contributed by atoms with van der Waals surface area (Å²) in [7, 11) is -4.50. The zero-order chi connectivity index (χ0) is 6.62. The predicted octanol–water partition coefficient (Wildman–Crippen LogP) is -0.936. The van der Waals surface area contributed by atoms with Crippen molar-refractivity contribution >= 4 is 16.8 Å². The van der Waals surface area contributed by atoms with E-state index in [1.54, 1.807) is 0 Å². The van der Waals surface area contributed by atoms with Crippen molar-refractivity contribution in [3.05, 3.63) is 5.53 Å². The van der Waals surface area contributed by atoms with Crippen LogP contribution in [0.5, 0.6) is 0 Å². The van der Waals surface area contributed by atoms with Crippen LogP contribution in [0.3, 0.4) is 0 Å². The molecule has 0 bridgehead atoms. The number of rotatable bonds is 2. The lowest BCUT2D eigenvalue weighted by Crippen LogP contribution is -2.00. The molecule has 0 atom stereocenters. The number of hydrogen-bond donors (Lipinski definition) is 1. The third-order valence-electron chi connectivity index (χ3n) is 0.212. The van der Waals surface area contributed by atoms with Crippen molar-refractivity contribution in [3.63, 3.8) is 0 Å². The van der Waals surface area contributed by atoms with E-state index in [9.17, 15) is 8.42 Å². The van der Waals surface area contributed by atoms with E-state index in [1.807, 2.05) is 0 Å². The Morgan fingerprint density at radius 1 is 1.75 bits per heavy atom. The standard InChI is InChI=1S/CH2N2O4S/c2-3-1-7-8(4,5)6/h1H,(H,4,5,6). The van der Waals surface area contributed by atoms with Gasteiger partial charge in [0, 0.05) is 0 Å². The average molecular weight is 138 g/mol. The van der Waals surface area contributed by atoms with Crippen LogP contribution in [0.1, 0.15) is 0 Å². The van der Waals surface area contributed by atoms with E-state index < -0.39 is 10.4 Å². The molecule has 0 aliphatic carbocycles. The SMILES string of the molecule is [N-]=[N+]=COS(=O)(=O)O. The van der Waals surface area contributed by atoms with Crippen molar-refractivity contribution < 1.29 is 21.9 Å². The third kappa shape index (κ3) is 5.09. The molecule has 6 nitrogen and oxygen atoms in total. The average Bonchev–Trinajstić information content (AvgIpc) is 1.59. The zero-order valence-electron chi connectivity index (χ0n) is 3.55. The Morgan fingerprint density at radius 2 is 2.25 bits per heavy atom. The predicted molar refractivity (Wildman–Crippen MR) is 22.3 cm³/mol. The fraction of sp³-hybridized carbons (Fsp3) is 0. The highest BCUT2D eigenvalue weighted by molar-refractivity contribution is 7.81. The van der Waals surface area contributed by atoms with Crippen molar-refractivity contribution in [1.29, 1.82) is 0 Å². The maximum atomic E-state index is 9.52. The van der Waals surface area contributed by atoms with E-state index in [1.165, 1.54) is 0 Å². The molecule has 0 spiro atoms. The normalized spacial score (nSPS) is 9.62. The van der Waals surface area contributed by atoms with Gasteiger partial charge in [0.15, 0.2) is 0 Å². The van der Waals surface area contributed by atoms with Gasteiger partial charge in [0.1, 0.15) is 0 Å². The summed E-state index contributed by atoms with van der Waals surface area (Å²) in [5, 5.41) is 0. The number of nitrogens with zero attached hydrogens (tertiary/aromatic N) is 2. The molecule has 8 heavy (non-hydrogen) atoms. The first-order valence-electron chi connectivity index (χ1n) is 1.38. The second kappa shape index (κ2) is 2.41. The van der Waals surface area contributed by atoms with Gasteiger partial charge in [-0.15, -0.1) is 4.79 Å². The van der Waals surface area contributed by atoms with Crippen LogP contribution in [-0.4, -0.2) is 24.2 Å². The molecular weight excluding hydrogens is 136 g/mol. The summed E-state index contributed by atoms with van der Waals surface area (Å²) < 4.78 is 30.1. The first-order valence-corrected chi connectivity index (χ1v) is 2.74. The second-order valence-corrected chi connectivity index (χ2v) is 1.79. The molecule has 0 saturated carbocycles. The van der Waals surface area contributed by atoms with E-state index in [-0.39, 0.29) is 6.40 Å². The van der Waals surface area contributed by atoms with Crippen LogP contribution in [0.2, 0.25) is 0 Å². The Kier molecular flexibility index (Phi) is 2.14. The quantitative estimate of drug-likeness (QED) is 0.175.